The lowest BCUT2D eigenvalue weighted by Crippen LogP contribution is -2.28. The number of hydrogen-bond donors (Lipinski definition) is 0. The minimum Gasteiger partial charge on any atom is -0.453 e. The molecule has 0 unspecified atom stereocenters. The van der Waals surface area contributed by atoms with Crippen molar-refractivity contribution in [3.8, 4) is 0 Å². The van der Waals surface area contributed by atoms with E-state index >= 15 is 0 Å². The number of azo groups is 1. The molecule has 1 aromatic heterocycles. The third-order valence-electron chi connectivity index (χ3n) is 5.82. The van der Waals surface area contributed by atoms with Gasteiger partial charge in [0, 0.05) is 27.1 Å². The Morgan fingerprint density at radius 2 is 1.40 bits per heavy atom. The van der Waals surface area contributed by atoms with Crippen LogP contribution >= 0.6 is 23.2 Å². The first-order chi connectivity index (χ1) is 16.4. The van der Waals surface area contributed by atoms with Gasteiger partial charge in [0.25, 0.3) is 0 Å². The number of hydrogen-bond acceptors (Lipinski definition) is 4. The quantitative estimate of drug-likeness (QED) is 0.331. The number of benzene rings is 2. The highest BCUT2D eigenvalue weighted by Gasteiger charge is 2.35. The molecule has 0 saturated carbocycles. The predicted molar refractivity (Wildman–Crippen MR) is 144 cm³/mol. The Morgan fingerprint density at radius 3 is 1.94 bits per heavy atom. The van der Waals surface area contributed by atoms with Gasteiger partial charge in [-0.1, -0.05) is 76.9 Å². The lowest BCUT2D eigenvalue weighted by molar-refractivity contribution is -0.114. The van der Waals surface area contributed by atoms with Crippen LogP contribution in [0.4, 0.5) is 5.69 Å². The molecule has 1 heterocycles. The summed E-state index contributed by atoms with van der Waals surface area (Å²) in [7, 11) is 0. The maximum Gasteiger partial charge on any atom is 0.186 e. The molecule has 0 bridgehead atoms. The van der Waals surface area contributed by atoms with Crippen molar-refractivity contribution in [2.45, 2.75) is 41.5 Å². The van der Waals surface area contributed by atoms with Crippen molar-refractivity contribution < 1.29 is 9.21 Å². The van der Waals surface area contributed by atoms with Gasteiger partial charge in [0.15, 0.2) is 11.5 Å². The van der Waals surface area contributed by atoms with Gasteiger partial charge in [0.05, 0.1) is 10.7 Å². The first kappa shape index (κ1) is 25.2. The molecule has 1 aliphatic carbocycles. The molecule has 4 nitrogen and oxygen atoms in total. The molecule has 0 N–H and O–H groups in total. The van der Waals surface area contributed by atoms with Gasteiger partial charge in [-0.25, -0.2) is 0 Å². The van der Waals surface area contributed by atoms with Crippen LogP contribution in [0.5, 0.6) is 0 Å². The number of rotatable bonds is 3. The molecule has 0 atom stereocenters. The number of ketones is 1. The second-order valence-corrected chi connectivity index (χ2v) is 11.5. The van der Waals surface area contributed by atoms with E-state index in [0.717, 1.165) is 11.0 Å². The second kappa shape index (κ2) is 9.25. The standard InChI is InChI=1S/C29H28Cl2N2O2/c1-28(2,3)21-15-17(16-22(26(21)34)29(4,5)6)25(33-32-19-13-11-18(30)12-14-19)27-24(31)20-9-7-8-10-23(20)35-27/h7-16H,1-6H3. The molecule has 35 heavy (non-hydrogen) atoms. The summed E-state index contributed by atoms with van der Waals surface area (Å²) in [6.45, 7) is 12.2. The van der Waals surface area contributed by atoms with E-state index in [9.17, 15) is 4.79 Å². The first-order valence-electron chi connectivity index (χ1n) is 11.4. The Bertz CT molecular complexity index is 1390. The molecule has 0 aliphatic heterocycles. The maximum absolute atomic E-state index is 13.5. The van der Waals surface area contributed by atoms with E-state index in [0.29, 0.717) is 43.9 Å². The van der Waals surface area contributed by atoms with E-state index in [1.807, 2.05) is 78.0 Å². The van der Waals surface area contributed by atoms with Crippen LogP contribution in [0.2, 0.25) is 10.0 Å². The number of para-hydroxylation sites is 1. The van der Waals surface area contributed by atoms with Crippen molar-refractivity contribution >= 4 is 51.3 Å². The van der Waals surface area contributed by atoms with Gasteiger partial charge in [-0.2, -0.15) is 5.11 Å². The van der Waals surface area contributed by atoms with Crippen molar-refractivity contribution in [1.29, 1.82) is 0 Å². The number of fused-ring (bicyclic) bond motifs is 1. The summed E-state index contributed by atoms with van der Waals surface area (Å²) in [5.74, 6) is 0.447. The summed E-state index contributed by atoms with van der Waals surface area (Å²) in [6, 6.07) is 14.6. The number of Topliss-reactive ketones (excluding diaryl/α,β-unsaturated/α-hetero) is 1. The lowest BCUT2D eigenvalue weighted by Gasteiger charge is -2.31. The SMILES string of the molecule is CC(C)(C)C1=CC(=C(N=Nc2ccc(Cl)cc2)c2oc3ccccc3c2Cl)C=C(C(C)(C)C)C1=O. The van der Waals surface area contributed by atoms with Crippen LogP contribution in [0.15, 0.2) is 92.0 Å². The fraction of sp³-hybridized carbons (Fsp3) is 0.276. The maximum atomic E-state index is 13.5. The van der Waals surface area contributed by atoms with E-state index in [-0.39, 0.29) is 16.6 Å². The minimum absolute atomic E-state index is 0.0402. The van der Waals surface area contributed by atoms with Gasteiger partial charge in [0.1, 0.15) is 11.3 Å². The third-order valence-corrected chi connectivity index (χ3v) is 6.45. The summed E-state index contributed by atoms with van der Waals surface area (Å²) in [4.78, 5) is 13.5. The molecular weight excluding hydrogens is 479 g/mol. The normalized spacial score (nSPS) is 15.1. The van der Waals surface area contributed by atoms with Crippen LogP contribution in [-0.2, 0) is 4.79 Å². The minimum atomic E-state index is -0.372. The number of furan rings is 1. The predicted octanol–water partition coefficient (Wildman–Crippen LogP) is 9.76. The van der Waals surface area contributed by atoms with Gasteiger partial charge >= 0.3 is 0 Å². The van der Waals surface area contributed by atoms with Crippen LogP contribution < -0.4 is 0 Å². The van der Waals surface area contributed by atoms with Crippen LogP contribution in [0, 0.1) is 10.8 Å². The Morgan fingerprint density at radius 1 is 0.829 bits per heavy atom. The van der Waals surface area contributed by atoms with E-state index in [1.165, 1.54) is 0 Å². The Labute approximate surface area is 216 Å². The summed E-state index contributed by atoms with van der Waals surface area (Å²) in [5, 5.41) is 10.9. The van der Waals surface area contributed by atoms with Crippen molar-refractivity contribution in [1.82, 2.24) is 0 Å². The fourth-order valence-electron chi connectivity index (χ4n) is 3.90. The van der Waals surface area contributed by atoms with Gasteiger partial charge in [-0.05, 0) is 59.4 Å². The average Bonchev–Trinajstić information content (AvgIpc) is 3.11. The number of carbonyl (C=O) groups excluding carboxylic acids is 1. The smallest absolute Gasteiger partial charge is 0.186 e. The zero-order valence-corrected chi connectivity index (χ0v) is 22.3. The highest BCUT2D eigenvalue weighted by Crippen LogP contribution is 2.43. The molecule has 0 amide bonds. The van der Waals surface area contributed by atoms with Crippen LogP contribution in [0.3, 0.4) is 0 Å². The van der Waals surface area contributed by atoms with E-state index in [4.69, 9.17) is 27.6 Å². The van der Waals surface area contributed by atoms with Crippen LogP contribution in [-0.4, -0.2) is 5.78 Å². The molecule has 6 heteroatoms. The Balaban J connectivity index is 2.03. The largest absolute Gasteiger partial charge is 0.453 e. The van der Waals surface area contributed by atoms with Crippen LogP contribution in [0.1, 0.15) is 47.3 Å². The van der Waals surface area contributed by atoms with Gasteiger partial charge in [-0.15, -0.1) is 5.11 Å². The topological polar surface area (TPSA) is 54.9 Å². The van der Waals surface area contributed by atoms with Gasteiger partial charge < -0.3 is 4.42 Å². The van der Waals surface area contributed by atoms with Crippen molar-refractivity contribution in [2.24, 2.45) is 21.1 Å². The highest BCUT2D eigenvalue weighted by molar-refractivity contribution is 6.37. The van der Waals surface area contributed by atoms with Crippen molar-refractivity contribution in [2.75, 3.05) is 0 Å². The molecular formula is C29H28Cl2N2O2. The number of carbonyl (C=O) groups is 1. The van der Waals surface area contributed by atoms with E-state index in [1.54, 1.807) is 24.3 Å². The molecule has 0 fully saturated rings. The zero-order valence-electron chi connectivity index (χ0n) is 20.7. The number of halogens is 2. The zero-order chi connectivity index (χ0) is 25.5. The lowest BCUT2D eigenvalue weighted by atomic mass is 9.71. The molecule has 0 spiro atoms. The van der Waals surface area contributed by atoms with E-state index < -0.39 is 0 Å². The Hall–Kier alpha value is -2.95. The molecule has 180 valence electrons. The molecule has 1 aliphatic rings. The fourth-order valence-corrected chi connectivity index (χ4v) is 4.31. The van der Waals surface area contributed by atoms with Crippen molar-refractivity contribution in [3.05, 3.63) is 93.2 Å². The molecule has 4 rings (SSSR count). The third kappa shape index (κ3) is 5.19. The molecule has 2 aromatic carbocycles. The summed E-state index contributed by atoms with van der Waals surface area (Å²) < 4.78 is 6.18. The number of nitrogens with zero attached hydrogens (tertiary/aromatic N) is 2. The van der Waals surface area contributed by atoms with Crippen LogP contribution in [0.25, 0.3) is 16.7 Å². The summed E-state index contributed by atoms with van der Waals surface area (Å²) in [5.41, 5.74) is 3.12. The second-order valence-electron chi connectivity index (χ2n) is 10.7. The van der Waals surface area contributed by atoms with Gasteiger partial charge in [0.2, 0.25) is 0 Å². The molecule has 3 aromatic rings. The number of allylic oxidation sites excluding steroid dienone is 5. The summed E-state index contributed by atoms with van der Waals surface area (Å²) >= 11 is 12.8. The van der Waals surface area contributed by atoms with Gasteiger partial charge in [-0.3, -0.25) is 4.79 Å². The van der Waals surface area contributed by atoms with Crippen molar-refractivity contribution in [3.63, 3.8) is 0 Å². The molecule has 0 saturated heterocycles. The molecule has 0 radical (unpaired) electrons. The summed E-state index contributed by atoms with van der Waals surface area (Å²) in [6.07, 6.45) is 3.77. The first-order valence-corrected chi connectivity index (χ1v) is 12.2. The Kier molecular flexibility index (Phi) is 6.65. The highest BCUT2D eigenvalue weighted by atomic mass is 35.5. The average molecular weight is 507 g/mol. The van der Waals surface area contributed by atoms with E-state index in [2.05, 4.69) is 10.2 Å². The monoisotopic (exact) mass is 506 g/mol.